The van der Waals surface area contributed by atoms with Gasteiger partial charge in [-0.05, 0) is 19.4 Å². The van der Waals surface area contributed by atoms with Crippen LogP contribution >= 0.6 is 0 Å². The molecule has 3 N–H and O–H groups in total. The molecule has 0 spiro atoms. The smallest absolute Gasteiger partial charge is 0.242 e. The number of hydrogen-bond donors (Lipinski definition) is 3. The molecule has 1 aliphatic heterocycles. The largest absolute Gasteiger partial charge is 0.394 e. The lowest BCUT2D eigenvalue weighted by Gasteiger charge is -2.12. The number of nitriles is 1. The lowest BCUT2D eigenvalue weighted by atomic mass is 10.2. The van der Waals surface area contributed by atoms with Gasteiger partial charge in [0.1, 0.15) is 17.5 Å². The van der Waals surface area contributed by atoms with Crippen LogP contribution in [0.1, 0.15) is 18.4 Å². The van der Waals surface area contributed by atoms with Crippen molar-refractivity contribution in [3.63, 3.8) is 0 Å². The zero-order chi connectivity index (χ0) is 13.0. The second kappa shape index (κ2) is 5.62. The summed E-state index contributed by atoms with van der Waals surface area (Å²) in [6.45, 7) is 0.978. The van der Waals surface area contributed by atoms with Crippen molar-refractivity contribution >= 4 is 11.7 Å². The van der Waals surface area contributed by atoms with Gasteiger partial charge in [0.25, 0.3) is 0 Å². The number of carbonyl (C=O) groups is 1. The molecule has 1 unspecified atom stereocenters. The fourth-order valence-electron chi connectivity index (χ4n) is 1.98. The van der Waals surface area contributed by atoms with Crippen LogP contribution in [0.5, 0.6) is 0 Å². The first-order valence-corrected chi connectivity index (χ1v) is 5.87. The molecule has 1 atom stereocenters. The molecule has 2 rings (SSSR count). The standard InChI is InChI=1S/C11H15N5O2/c12-6-8-7-14-16(4-5-17)10(8)15-11(18)9-2-1-3-13-9/h7,9,13,17H,1-5H2,(H,15,18). The number of amides is 1. The van der Waals surface area contributed by atoms with E-state index in [0.29, 0.717) is 11.4 Å². The minimum atomic E-state index is -0.214. The Balaban J connectivity index is 2.13. The Kier molecular flexibility index (Phi) is 3.92. The monoisotopic (exact) mass is 249 g/mol. The van der Waals surface area contributed by atoms with Crippen LogP contribution in [-0.2, 0) is 11.3 Å². The number of aliphatic hydroxyl groups excluding tert-OH is 1. The quantitative estimate of drug-likeness (QED) is 0.663. The van der Waals surface area contributed by atoms with Crippen molar-refractivity contribution in [1.29, 1.82) is 5.26 Å². The van der Waals surface area contributed by atoms with E-state index < -0.39 is 0 Å². The van der Waals surface area contributed by atoms with Crippen molar-refractivity contribution in [2.45, 2.75) is 25.4 Å². The number of nitrogens with one attached hydrogen (secondary N) is 2. The Labute approximate surface area is 104 Å². The number of aromatic nitrogens is 2. The van der Waals surface area contributed by atoms with E-state index in [1.165, 1.54) is 10.9 Å². The number of hydrogen-bond acceptors (Lipinski definition) is 5. The van der Waals surface area contributed by atoms with E-state index >= 15 is 0 Å². The highest BCUT2D eigenvalue weighted by atomic mass is 16.3. The molecule has 7 heteroatoms. The Hall–Kier alpha value is -1.91. The second-order valence-electron chi connectivity index (χ2n) is 4.10. The van der Waals surface area contributed by atoms with E-state index in [1.54, 1.807) is 0 Å². The molecule has 0 saturated carbocycles. The maximum Gasteiger partial charge on any atom is 0.242 e. The van der Waals surface area contributed by atoms with Crippen LogP contribution in [-0.4, -0.2) is 40.0 Å². The third-order valence-electron chi connectivity index (χ3n) is 2.89. The summed E-state index contributed by atoms with van der Waals surface area (Å²) in [6, 6.07) is 1.76. The van der Waals surface area contributed by atoms with Crippen LogP contribution in [0.15, 0.2) is 6.20 Å². The van der Waals surface area contributed by atoms with Crippen molar-refractivity contribution in [2.75, 3.05) is 18.5 Å². The Morgan fingerprint density at radius 2 is 2.61 bits per heavy atom. The van der Waals surface area contributed by atoms with Crippen LogP contribution in [0.2, 0.25) is 0 Å². The number of carbonyl (C=O) groups excluding carboxylic acids is 1. The lowest BCUT2D eigenvalue weighted by molar-refractivity contribution is -0.117. The van der Waals surface area contributed by atoms with E-state index in [0.717, 1.165) is 19.4 Å². The summed E-state index contributed by atoms with van der Waals surface area (Å²) < 4.78 is 1.42. The highest BCUT2D eigenvalue weighted by Crippen LogP contribution is 2.15. The maximum absolute atomic E-state index is 12.0. The zero-order valence-electron chi connectivity index (χ0n) is 9.89. The van der Waals surface area contributed by atoms with Gasteiger partial charge in [-0.25, -0.2) is 4.68 Å². The molecular weight excluding hydrogens is 234 g/mol. The molecule has 1 saturated heterocycles. The second-order valence-corrected chi connectivity index (χ2v) is 4.10. The molecule has 1 aromatic rings. The van der Waals surface area contributed by atoms with E-state index in [2.05, 4.69) is 15.7 Å². The first-order valence-electron chi connectivity index (χ1n) is 5.87. The molecule has 0 bridgehead atoms. The fraction of sp³-hybridized carbons (Fsp3) is 0.545. The minimum absolute atomic E-state index is 0.100. The average Bonchev–Trinajstić information content (AvgIpc) is 3.00. The maximum atomic E-state index is 12.0. The molecule has 2 heterocycles. The van der Waals surface area contributed by atoms with Gasteiger partial charge in [-0.3, -0.25) is 4.79 Å². The summed E-state index contributed by atoms with van der Waals surface area (Å²) in [7, 11) is 0. The zero-order valence-corrected chi connectivity index (χ0v) is 9.89. The molecule has 1 fully saturated rings. The average molecular weight is 249 g/mol. The van der Waals surface area contributed by atoms with Gasteiger partial charge in [-0.15, -0.1) is 0 Å². The van der Waals surface area contributed by atoms with Crippen molar-refractivity contribution in [3.8, 4) is 6.07 Å². The summed E-state index contributed by atoms with van der Waals surface area (Å²) >= 11 is 0. The molecule has 1 aliphatic rings. The first kappa shape index (κ1) is 12.5. The van der Waals surface area contributed by atoms with Crippen molar-refractivity contribution in [3.05, 3.63) is 11.8 Å². The number of anilines is 1. The van der Waals surface area contributed by atoms with Gasteiger partial charge in [0.15, 0.2) is 0 Å². The third-order valence-corrected chi connectivity index (χ3v) is 2.89. The summed E-state index contributed by atoms with van der Waals surface area (Å²) in [4.78, 5) is 12.0. The van der Waals surface area contributed by atoms with E-state index in [-0.39, 0.29) is 25.1 Å². The Morgan fingerprint density at radius 3 is 3.22 bits per heavy atom. The van der Waals surface area contributed by atoms with Gasteiger partial charge in [-0.1, -0.05) is 0 Å². The van der Waals surface area contributed by atoms with Gasteiger partial charge in [0, 0.05) is 0 Å². The Morgan fingerprint density at radius 1 is 1.78 bits per heavy atom. The predicted octanol–water partition coefficient (Wildman–Crippen LogP) is -0.562. The molecule has 0 aliphatic carbocycles. The van der Waals surface area contributed by atoms with Crippen LogP contribution < -0.4 is 10.6 Å². The van der Waals surface area contributed by atoms with E-state index in [4.69, 9.17) is 10.4 Å². The SMILES string of the molecule is N#Cc1cnn(CCO)c1NC(=O)C1CCCN1. The minimum Gasteiger partial charge on any atom is -0.394 e. The molecule has 18 heavy (non-hydrogen) atoms. The first-order chi connectivity index (χ1) is 8.76. The van der Waals surface area contributed by atoms with Crippen molar-refractivity contribution in [2.24, 2.45) is 0 Å². The molecule has 7 nitrogen and oxygen atoms in total. The summed E-state index contributed by atoms with van der Waals surface area (Å²) in [5.41, 5.74) is 0.301. The number of rotatable bonds is 4. The molecule has 0 aromatic carbocycles. The molecule has 1 amide bonds. The number of aliphatic hydroxyl groups is 1. The molecule has 96 valence electrons. The fourth-order valence-corrected chi connectivity index (χ4v) is 1.98. The van der Waals surface area contributed by atoms with Gasteiger partial charge in [0.05, 0.1) is 25.4 Å². The van der Waals surface area contributed by atoms with Crippen LogP contribution in [0.4, 0.5) is 5.82 Å². The summed E-state index contributed by atoms with van der Waals surface area (Å²) in [5, 5.41) is 27.6. The van der Waals surface area contributed by atoms with Crippen molar-refractivity contribution < 1.29 is 9.90 Å². The van der Waals surface area contributed by atoms with Crippen LogP contribution in [0, 0.1) is 11.3 Å². The van der Waals surface area contributed by atoms with Gasteiger partial charge in [0.2, 0.25) is 5.91 Å². The normalized spacial score (nSPS) is 18.6. The van der Waals surface area contributed by atoms with Gasteiger partial charge in [-0.2, -0.15) is 10.4 Å². The highest BCUT2D eigenvalue weighted by molar-refractivity contribution is 5.95. The van der Waals surface area contributed by atoms with Crippen molar-refractivity contribution in [1.82, 2.24) is 15.1 Å². The lowest BCUT2D eigenvalue weighted by Crippen LogP contribution is -2.36. The number of nitrogens with zero attached hydrogens (tertiary/aromatic N) is 3. The molecule has 1 aromatic heterocycles. The van der Waals surface area contributed by atoms with Crippen LogP contribution in [0.25, 0.3) is 0 Å². The van der Waals surface area contributed by atoms with Gasteiger partial charge >= 0.3 is 0 Å². The highest BCUT2D eigenvalue weighted by Gasteiger charge is 2.24. The van der Waals surface area contributed by atoms with E-state index in [1.807, 2.05) is 6.07 Å². The molecule has 0 radical (unpaired) electrons. The topological polar surface area (TPSA) is 103 Å². The summed E-state index contributed by atoms with van der Waals surface area (Å²) in [6.07, 6.45) is 3.15. The Bertz CT molecular complexity index is 470. The van der Waals surface area contributed by atoms with Gasteiger partial charge < -0.3 is 15.7 Å². The predicted molar refractivity (Wildman–Crippen MR) is 63.7 cm³/mol. The summed E-state index contributed by atoms with van der Waals surface area (Å²) in [5.74, 6) is 0.189. The third kappa shape index (κ3) is 2.50. The molecular formula is C11H15N5O2. The van der Waals surface area contributed by atoms with E-state index in [9.17, 15) is 4.79 Å². The van der Waals surface area contributed by atoms with Crippen LogP contribution in [0.3, 0.4) is 0 Å².